The molecule has 1 heterocycles. The van der Waals surface area contributed by atoms with E-state index in [-0.39, 0.29) is 6.61 Å². The van der Waals surface area contributed by atoms with E-state index in [1.165, 1.54) is 5.39 Å². The van der Waals surface area contributed by atoms with Crippen molar-refractivity contribution >= 4 is 10.9 Å². The number of aliphatic hydroxyl groups excluding tert-OH is 1. The third-order valence-corrected chi connectivity index (χ3v) is 3.25. The van der Waals surface area contributed by atoms with Crippen LogP contribution in [0, 0.1) is 0 Å². The molecule has 1 aromatic heterocycles. The Hall–Kier alpha value is -1.39. The molecule has 2 aromatic rings. The van der Waals surface area contributed by atoms with Crippen molar-refractivity contribution in [2.75, 3.05) is 6.61 Å². The second-order valence-electron chi connectivity index (χ2n) is 4.74. The molecule has 4 nitrogen and oxygen atoms in total. The molecule has 0 saturated heterocycles. The number of benzene rings is 1. The fraction of sp³-hybridized carbons (Fsp3) is 0.500. The second kappa shape index (κ2) is 5.98. The molecule has 0 aliphatic rings. The van der Waals surface area contributed by atoms with Gasteiger partial charge in [0.1, 0.15) is 0 Å². The van der Waals surface area contributed by atoms with Gasteiger partial charge >= 0.3 is 0 Å². The van der Waals surface area contributed by atoms with Gasteiger partial charge in [-0.15, -0.1) is 0 Å². The summed E-state index contributed by atoms with van der Waals surface area (Å²) in [5.41, 5.74) is 2.25. The Morgan fingerprint density at radius 1 is 1.39 bits per heavy atom. The standard InChI is InChI=1S/C14H21N3O/c1-11(6-5-9-18)15-10-13-12-7-3-4-8-14(12)17(2)16-13/h3-4,7-8,11,15,18H,5-6,9-10H2,1-2H3. The number of hydrogen-bond donors (Lipinski definition) is 2. The van der Waals surface area contributed by atoms with E-state index in [0.29, 0.717) is 6.04 Å². The Kier molecular flexibility index (Phi) is 4.33. The fourth-order valence-corrected chi connectivity index (χ4v) is 2.19. The molecular weight excluding hydrogens is 226 g/mol. The van der Waals surface area contributed by atoms with E-state index in [9.17, 15) is 0 Å². The van der Waals surface area contributed by atoms with E-state index in [0.717, 1.165) is 30.6 Å². The zero-order valence-electron chi connectivity index (χ0n) is 11.1. The molecule has 0 spiro atoms. The van der Waals surface area contributed by atoms with Gasteiger partial charge in [0, 0.05) is 31.6 Å². The van der Waals surface area contributed by atoms with Gasteiger partial charge in [0.2, 0.25) is 0 Å². The minimum Gasteiger partial charge on any atom is -0.396 e. The summed E-state index contributed by atoms with van der Waals surface area (Å²) in [6, 6.07) is 8.67. The first-order valence-electron chi connectivity index (χ1n) is 6.47. The molecular formula is C14H21N3O. The van der Waals surface area contributed by atoms with Crippen molar-refractivity contribution in [2.45, 2.75) is 32.4 Å². The van der Waals surface area contributed by atoms with Crippen molar-refractivity contribution in [3.63, 3.8) is 0 Å². The van der Waals surface area contributed by atoms with Crippen LogP contribution in [0.4, 0.5) is 0 Å². The molecule has 1 unspecified atom stereocenters. The molecule has 0 fully saturated rings. The molecule has 0 aliphatic carbocycles. The predicted octanol–water partition coefficient (Wildman–Crippen LogP) is 1.82. The number of fused-ring (bicyclic) bond motifs is 1. The Morgan fingerprint density at radius 2 is 2.17 bits per heavy atom. The summed E-state index contributed by atoms with van der Waals surface area (Å²) in [6.07, 6.45) is 1.83. The van der Waals surface area contributed by atoms with E-state index in [2.05, 4.69) is 29.5 Å². The number of rotatable bonds is 6. The third kappa shape index (κ3) is 2.89. The van der Waals surface area contributed by atoms with E-state index in [1.807, 2.05) is 23.9 Å². The number of nitrogens with zero attached hydrogens (tertiary/aromatic N) is 2. The van der Waals surface area contributed by atoms with Crippen LogP contribution in [0.5, 0.6) is 0 Å². The van der Waals surface area contributed by atoms with Gasteiger partial charge in [-0.3, -0.25) is 4.68 Å². The highest BCUT2D eigenvalue weighted by atomic mass is 16.2. The molecule has 18 heavy (non-hydrogen) atoms. The summed E-state index contributed by atoms with van der Waals surface area (Å²) >= 11 is 0. The first-order chi connectivity index (χ1) is 8.72. The quantitative estimate of drug-likeness (QED) is 0.818. The zero-order chi connectivity index (χ0) is 13.0. The van der Waals surface area contributed by atoms with Crippen molar-refractivity contribution in [1.82, 2.24) is 15.1 Å². The molecule has 2 N–H and O–H groups in total. The summed E-state index contributed by atoms with van der Waals surface area (Å²) < 4.78 is 1.92. The highest BCUT2D eigenvalue weighted by Gasteiger charge is 2.08. The highest BCUT2D eigenvalue weighted by Crippen LogP contribution is 2.17. The predicted molar refractivity (Wildman–Crippen MR) is 73.3 cm³/mol. The lowest BCUT2D eigenvalue weighted by molar-refractivity contribution is 0.276. The maximum absolute atomic E-state index is 8.80. The Bertz CT molecular complexity index is 507. The van der Waals surface area contributed by atoms with Gasteiger partial charge in [-0.1, -0.05) is 18.2 Å². The zero-order valence-corrected chi connectivity index (χ0v) is 11.1. The van der Waals surface area contributed by atoms with Gasteiger partial charge in [0.05, 0.1) is 11.2 Å². The molecule has 1 atom stereocenters. The Labute approximate surface area is 108 Å². The minimum atomic E-state index is 0.262. The summed E-state index contributed by atoms with van der Waals surface area (Å²) in [5, 5.41) is 18.0. The van der Waals surface area contributed by atoms with Gasteiger partial charge in [-0.05, 0) is 25.8 Å². The smallest absolute Gasteiger partial charge is 0.0841 e. The van der Waals surface area contributed by atoms with E-state index in [1.54, 1.807) is 0 Å². The van der Waals surface area contributed by atoms with E-state index in [4.69, 9.17) is 5.11 Å². The number of aryl methyl sites for hydroxylation is 1. The van der Waals surface area contributed by atoms with Crippen LogP contribution in [0.25, 0.3) is 10.9 Å². The molecule has 0 saturated carbocycles. The van der Waals surface area contributed by atoms with Gasteiger partial charge in [0.15, 0.2) is 0 Å². The van der Waals surface area contributed by atoms with Crippen LogP contribution in [-0.4, -0.2) is 27.5 Å². The van der Waals surface area contributed by atoms with Crippen LogP contribution in [0.2, 0.25) is 0 Å². The van der Waals surface area contributed by atoms with Crippen LogP contribution in [-0.2, 0) is 13.6 Å². The largest absolute Gasteiger partial charge is 0.396 e. The molecule has 0 amide bonds. The van der Waals surface area contributed by atoms with Crippen LogP contribution >= 0.6 is 0 Å². The lowest BCUT2D eigenvalue weighted by Gasteiger charge is -2.11. The number of aliphatic hydroxyl groups is 1. The van der Waals surface area contributed by atoms with Gasteiger partial charge in [-0.25, -0.2) is 0 Å². The summed E-state index contributed by atoms with van der Waals surface area (Å²) in [4.78, 5) is 0. The topological polar surface area (TPSA) is 50.1 Å². The van der Waals surface area contributed by atoms with Crippen molar-refractivity contribution in [2.24, 2.45) is 7.05 Å². The van der Waals surface area contributed by atoms with Crippen LogP contribution < -0.4 is 5.32 Å². The molecule has 0 bridgehead atoms. The Morgan fingerprint density at radius 3 is 2.94 bits per heavy atom. The van der Waals surface area contributed by atoms with Crippen molar-refractivity contribution in [1.29, 1.82) is 0 Å². The normalized spacial score (nSPS) is 13.1. The third-order valence-electron chi connectivity index (χ3n) is 3.25. The molecule has 98 valence electrons. The van der Waals surface area contributed by atoms with Crippen molar-refractivity contribution < 1.29 is 5.11 Å². The first-order valence-corrected chi connectivity index (χ1v) is 6.47. The fourth-order valence-electron chi connectivity index (χ4n) is 2.19. The molecule has 4 heteroatoms. The molecule has 0 aliphatic heterocycles. The first kappa shape index (κ1) is 13.1. The maximum atomic E-state index is 8.80. The summed E-state index contributed by atoms with van der Waals surface area (Å²) in [6.45, 7) is 3.17. The lowest BCUT2D eigenvalue weighted by atomic mass is 10.1. The van der Waals surface area contributed by atoms with Crippen LogP contribution in [0.15, 0.2) is 24.3 Å². The Balaban J connectivity index is 2.03. The highest BCUT2D eigenvalue weighted by molar-refractivity contribution is 5.81. The van der Waals surface area contributed by atoms with Gasteiger partial charge in [-0.2, -0.15) is 5.10 Å². The lowest BCUT2D eigenvalue weighted by Crippen LogP contribution is -2.26. The van der Waals surface area contributed by atoms with E-state index < -0.39 is 0 Å². The number of nitrogens with one attached hydrogen (secondary N) is 1. The van der Waals surface area contributed by atoms with Gasteiger partial charge in [0.25, 0.3) is 0 Å². The summed E-state index contributed by atoms with van der Waals surface area (Å²) in [7, 11) is 1.97. The van der Waals surface area contributed by atoms with Crippen molar-refractivity contribution in [3.8, 4) is 0 Å². The summed E-state index contributed by atoms with van der Waals surface area (Å²) in [5.74, 6) is 0. The van der Waals surface area contributed by atoms with Crippen molar-refractivity contribution in [3.05, 3.63) is 30.0 Å². The average molecular weight is 247 g/mol. The molecule has 2 rings (SSSR count). The number of hydrogen-bond acceptors (Lipinski definition) is 3. The monoisotopic (exact) mass is 247 g/mol. The van der Waals surface area contributed by atoms with E-state index >= 15 is 0 Å². The second-order valence-corrected chi connectivity index (χ2v) is 4.74. The number of para-hydroxylation sites is 1. The van der Waals surface area contributed by atoms with Crippen LogP contribution in [0.3, 0.4) is 0 Å². The van der Waals surface area contributed by atoms with Gasteiger partial charge < -0.3 is 10.4 Å². The molecule has 0 radical (unpaired) electrons. The van der Waals surface area contributed by atoms with Crippen LogP contribution in [0.1, 0.15) is 25.5 Å². The average Bonchev–Trinajstić information content (AvgIpc) is 2.71. The number of aromatic nitrogens is 2. The minimum absolute atomic E-state index is 0.262. The maximum Gasteiger partial charge on any atom is 0.0841 e. The SMILES string of the molecule is CC(CCCO)NCc1nn(C)c2ccccc12. The molecule has 1 aromatic carbocycles.